The third kappa shape index (κ3) is 5.07. The molecule has 3 N–H and O–H groups in total. The summed E-state index contributed by atoms with van der Waals surface area (Å²) in [6.07, 6.45) is 0. The van der Waals surface area contributed by atoms with E-state index >= 15 is 0 Å². The highest BCUT2D eigenvalue weighted by atomic mass is 19.2. The van der Waals surface area contributed by atoms with Gasteiger partial charge in [-0.1, -0.05) is 6.07 Å². The van der Waals surface area contributed by atoms with E-state index < -0.39 is 17.5 Å². The normalized spacial score (nSPS) is 11.1. The van der Waals surface area contributed by atoms with Gasteiger partial charge in [-0.3, -0.25) is 4.79 Å². The molecule has 154 valence electrons. The molecule has 0 aliphatic heterocycles. The van der Waals surface area contributed by atoms with E-state index in [1.807, 2.05) is 11.5 Å². The summed E-state index contributed by atoms with van der Waals surface area (Å²) in [5, 5.41) is 2.94. The number of hydrogen-bond donors (Lipinski definition) is 2. The van der Waals surface area contributed by atoms with Crippen LogP contribution in [0.25, 0.3) is 11.0 Å². The zero-order valence-corrected chi connectivity index (χ0v) is 16.0. The molecule has 0 radical (unpaired) electrons. The summed E-state index contributed by atoms with van der Waals surface area (Å²) in [5.41, 5.74) is 6.61. The predicted molar refractivity (Wildman–Crippen MR) is 104 cm³/mol. The fourth-order valence-electron chi connectivity index (χ4n) is 2.89. The molecule has 0 aliphatic carbocycles. The maximum Gasteiger partial charge on any atom is 0.231 e. The van der Waals surface area contributed by atoms with Crippen LogP contribution in [-0.2, 0) is 22.6 Å². The highest BCUT2D eigenvalue weighted by Gasteiger charge is 2.14. The largest absolute Gasteiger partial charge is 0.454 e. The smallest absolute Gasteiger partial charge is 0.231 e. The molecule has 0 saturated heterocycles. The van der Waals surface area contributed by atoms with Gasteiger partial charge in [0.1, 0.15) is 11.6 Å². The summed E-state index contributed by atoms with van der Waals surface area (Å²) in [7, 11) is 0. The van der Waals surface area contributed by atoms with E-state index in [0.29, 0.717) is 43.4 Å². The molecule has 0 saturated carbocycles. The Morgan fingerprint density at radius 2 is 2.10 bits per heavy atom. The summed E-state index contributed by atoms with van der Waals surface area (Å²) in [5.74, 6) is -1.66. The first kappa shape index (κ1) is 20.7. The number of nitrogens with one attached hydrogen (secondary N) is 1. The van der Waals surface area contributed by atoms with Crippen LogP contribution in [-0.4, -0.2) is 35.2 Å². The van der Waals surface area contributed by atoms with Crippen LogP contribution < -0.4 is 15.8 Å². The van der Waals surface area contributed by atoms with E-state index in [1.54, 1.807) is 18.2 Å². The number of rotatable bonds is 10. The van der Waals surface area contributed by atoms with E-state index in [9.17, 15) is 13.6 Å². The highest BCUT2D eigenvalue weighted by Crippen LogP contribution is 2.29. The molecular weight excluding hydrogens is 382 g/mol. The van der Waals surface area contributed by atoms with Crippen molar-refractivity contribution in [1.29, 1.82) is 0 Å². The molecule has 0 spiro atoms. The minimum Gasteiger partial charge on any atom is -0.454 e. The molecular formula is C20H22F2N4O3. The SMILES string of the molecule is CCOCCn1c(CNCC(N)=O)nc2ccc(Oc3cccc(F)c3F)cc21. The number of primary amides is 1. The van der Waals surface area contributed by atoms with Crippen LogP contribution in [0.1, 0.15) is 12.7 Å². The number of nitrogens with two attached hydrogens (primary N) is 1. The van der Waals surface area contributed by atoms with Crippen molar-refractivity contribution in [3.63, 3.8) is 0 Å². The number of fused-ring (bicyclic) bond motifs is 1. The Hall–Kier alpha value is -3.04. The van der Waals surface area contributed by atoms with Gasteiger partial charge in [0.25, 0.3) is 0 Å². The van der Waals surface area contributed by atoms with Crippen LogP contribution in [0.15, 0.2) is 36.4 Å². The lowest BCUT2D eigenvalue weighted by atomic mass is 10.3. The monoisotopic (exact) mass is 404 g/mol. The second-order valence-electron chi connectivity index (χ2n) is 6.25. The Bertz CT molecular complexity index is 1010. The van der Waals surface area contributed by atoms with Gasteiger partial charge in [0.15, 0.2) is 11.6 Å². The second kappa shape index (κ2) is 9.44. The van der Waals surface area contributed by atoms with Crippen molar-refractivity contribution in [3.8, 4) is 11.5 Å². The number of amides is 1. The number of hydrogen-bond acceptors (Lipinski definition) is 5. The van der Waals surface area contributed by atoms with Gasteiger partial charge < -0.3 is 25.1 Å². The Morgan fingerprint density at radius 1 is 1.28 bits per heavy atom. The van der Waals surface area contributed by atoms with Crippen molar-refractivity contribution in [3.05, 3.63) is 53.9 Å². The van der Waals surface area contributed by atoms with Crippen molar-refractivity contribution in [1.82, 2.24) is 14.9 Å². The van der Waals surface area contributed by atoms with E-state index in [0.717, 1.165) is 11.6 Å². The Labute approximate surface area is 166 Å². The fraction of sp³-hybridized carbons (Fsp3) is 0.300. The number of carbonyl (C=O) groups excluding carboxylic acids is 1. The van der Waals surface area contributed by atoms with E-state index in [2.05, 4.69) is 10.3 Å². The first-order chi connectivity index (χ1) is 14.0. The minimum absolute atomic E-state index is 0.0296. The molecule has 7 nitrogen and oxygen atoms in total. The standard InChI is InChI=1S/C20H22F2N4O3/c1-2-28-9-8-26-16-10-13(29-17-5-3-4-14(21)20(17)22)6-7-15(16)25-19(26)12-24-11-18(23)27/h3-7,10,24H,2,8-9,11-12H2,1H3,(H2,23,27). The number of imidazole rings is 1. The van der Waals surface area contributed by atoms with Crippen LogP contribution in [0.3, 0.4) is 0 Å². The molecule has 1 aromatic heterocycles. The Kier molecular flexibility index (Phi) is 6.73. The molecule has 3 aromatic rings. The van der Waals surface area contributed by atoms with Gasteiger partial charge in [0.2, 0.25) is 11.7 Å². The van der Waals surface area contributed by atoms with Crippen LogP contribution in [0.2, 0.25) is 0 Å². The summed E-state index contributed by atoms with van der Waals surface area (Å²) in [6.45, 7) is 3.83. The summed E-state index contributed by atoms with van der Waals surface area (Å²) >= 11 is 0. The molecule has 0 aliphatic rings. The van der Waals surface area contributed by atoms with Crippen molar-refractivity contribution < 1.29 is 23.0 Å². The molecule has 9 heteroatoms. The van der Waals surface area contributed by atoms with Crippen molar-refractivity contribution in [2.75, 3.05) is 19.8 Å². The number of halogens is 2. The van der Waals surface area contributed by atoms with Crippen LogP contribution in [0.5, 0.6) is 11.5 Å². The van der Waals surface area contributed by atoms with Gasteiger partial charge in [-0.2, -0.15) is 4.39 Å². The summed E-state index contributed by atoms with van der Waals surface area (Å²) in [4.78, 5) is 15.5. The highest BCUT2D eigenvalue weighted by molar-refractivity contribution is 5.78. The Morgan fingerprint density at radius 3 is 2.86 bits per heavy atom. The van der Waals surface area contributed by atoms with Gasteiger partial charge in [-0.05, 0) is 31.2 Å². The van der Waals surface area contributed by atoms with Crippen molar-refractivity contribution >= 4 is 16.9 Å². The van der Waals surface area contributed by atoms with Crippen LogP contribution in [0.4, 0.5) is 8.78 Å². The van der Waals surface area contributed by atoms with Crippen LogP contribution >= 0.6 is 0 Å². The number of ether oxygens (including phenoxy) is 2. The zero-order chi connectivity index (χ0) is 20.8. The predicted octanol–water partition coefficient (Wildman–Crippen LogP) is 2.72. The molecule has 3 rings (SSSR count). The van der Waals surface area contributed by atoms with Gasteiger partial charge in [0.05, 0.1) is 30.7 Å². The molecule has 0 atom stereocenters. The number of nitrogens with zero attached hydrogens (tertiary/aromatic N) is 2. The molecule has 0 fully saturated rings. The molecule has 0 bridgehead atoms. The van der Waals surface area contributed by atoms with Gasteiger partial charge in [-0.25, -0.2) is 9.37 Å². The maximum atomic E-state index is 13.9. The van der Waals surface area contributed by atoms with Crippen molar-refractivity contribution in [2.24, 2.45) is 5.73 Å². The zero-order valence-electron chi connectivity index (χ0n) is 16.0. The average molecular weight is 404 g/mol. The molecule has 29 heavy (non-hydrogen) atoms. The lowest BCUT2D eigenvalue weighted by molar-refractivity contribution is -0.117. The van der Waals surface area contributed by atoms with Gasteiger partial charge >= 0.3 is 0 Å². The summed E-state index contributed by atoms with van der Waals surface area (Å²) < 4.78 is 40.2. The topological polar surface area (TPSA) is 91.4 Å². The minimum atomic E-state index is -1.05. The lowest BCUT2D eigenvalue weighted by Crippen LogP contribution is -2.29. The number of carbonyl (C=O) groups is 1. The third-order valence-corrected chi connectivity index (χ3v) is 4.19. The number of benzene rings is 2. The van der Waals surface area contributed by atoms with E-state index in [-0.39, 0.29) is 12.3 Å². The van der Waals surface area contributed by atoms with Gasteiger partial charge in [-0.15, -0.1) is 0 Å². The van der Waals surface area contributed by atoms with Gasteiger partial charge in [0, 0.05) is 19.2 Å². The third-order valence-electron chi connectivity index (χ3n) is 4.19. The average Bonchev–Trinajstić information content (AvgIpc) is 3.02. The number of aromatic nitrogens is 2. The molecule has 2 aromatic carbocycles. The molecule has 0 unspecified atom stereocenters. The first-order valence-corrected chi connectivity index (χ1v) is 9.17. The first-order valence-electron chi connectivity index (χ1n) is 9.17. The lowest BCUT2D eigenvalue weighted by Gasteiger charge is -2.11. The second-order valence-corrected chi connectivity index (χ2v) is 6.25. The fourth-order valence-corrected chi connectivity index (χ4v) is 2.89. The van der Waals surface area contributed by atoms with E-state index in [1.165, 1.54) is 12.1 Å². The van der Waals surface area contributed by atoms with Crippen LogP contribution in [0, 0.1) is 11.6 Å². The Balaban J connectivity index is 1.91. The quantitative estimate of drug-likeness (QED) is 0.507. The van der Waals surface area contributed by atoms with Crippen molar-refractivity contribution in [2.45, 2.75) is 20.0 Å². The summed E-state index contributed by atoms with van der Waals surface area (Å²) in [6, 6.07) is 8.83. The molecule has 1 heterocycles. The maximum absolute atomic E-state index is 13.9. The molecule has 1 amide bonds. The van der Waals surface area contributed by atoms with E-state index in [4.69, 9.17) is 15.2 Å².